The van der Waals surface area contributed by atoms with Gasteiger partial charge in [0.15, 0.2) is 6.79 Å². The summed E-state index contributed by atoms with van der Waals surface area (Å²) in [4.78, 5) is 28.3. The van der Waals surface area contributed by atoms with Gasteiger partial charge >= 0.3 is 0 Å². The highest BCUT2D eigenvalue weighted by molar-refractivity contribution is 6.07. The van der Waals surface area contributed by atoms with E-state index in [0.717, 1.165) is 23.1 Å². The molecule has 192 valence electrons. The Morgan fingerprint density at radius 1 is 0.946 bits per heavy atom. The minimum Gasteiger partial charge on any atom is -0.494 e. The first kappa shape index (κ1) is 25.8. The third-order valence-corrected chi connectivity index (χ3v) is 5.68. The molecule has 0 N–H and O–H groups in total. The van der Waals surface area contributed by atoms with Crippen molar-refractivity contribution in [2.45, 2.75) is 13.8 Å². The van der Waals surface area contributed by atoms with E-state index in [9.17, 15) is 18.4 Å². The monoisotopic (exact) mass is 508 g/mol. The van der Waals surface area contributed by atoms with E-state index in [1.54, 1.807) is 47.9 Å². The molecule has 0 bridgehead atoms. The summed E-state index contributed by atoms with van der Waals surface area (Å²) in [6.45, 7) is 4.09. The van der Waals surface area contributed by atoms with E-state index in [1.807, 2.05) is 13.0 Å². The lowest BCUT2D eigenvalue weighted by molar-refractivity contribution is 0.0512. The Morgan fingerprint density at radius 3 is 2.35 bits per heavy atom. The van der Waals surface area contributed by atoms with Crippen LogP contribution in [0, 0.1) is 11.6 Å². The fourth-order valence-electron chi connectivity index (χ4n) is 4.06. The molecule has 9 heteroatoms. The van der Waals surface area contributed by atoms with E-state index < -0.39 is 23.0 Å². The Labute approximate surface area is 212 Å². The number of carbonyl (C=O) groups excluding carboxylic acids is 1. The molecule has 4 rings (SSSR count). The van der Waals surface area contributed by atoms with Crippen LogP contribution in [-0.2, 0) is 4.74 Å². The van der Waals surface area contributed by atoms with Crippen molar-refractivity contribution in [3.05, 3.63) is 94.3 Å². The van der Waals surface area contributed by atoms with Crippen molar-refractivity contribution in [3.8, 4) is 17.2 Å². The summed E-state index contributed by atoms with van der Waals surface area (Å²) in [5.41, 5.74) is 0.451. The molecule has 0 aliphatic carbocycles. The fraction of sp³-hybridized carbons (Fsp3) is 0.214. The smallest absolute Gasteiger partial charge is 0.263 e. The minimum atomic E-state index is -0.825. The van der Waals surface area contributed by atoms with Crippen LogP contribution in [0.25, 0.3) is 16.6 Å². The Bertz CT molecular complexity index is 1480. The van der Waals surface area contributed by atoms with Gasteiger partial charge in [-0.1, -0.05) is 6.07 Å². The predicted molar refractivity (Wildman–Crippen MR) is 137 cm³/mol. The van der Waals surface area contributed by atoms with Crippen LogP contribution in [-0.4, -0.2) is 37.5 Å². The van der Waals surface area contributed by atoms with Crippen LogP contribution in [0.2, 0.25) is 0 Å². The molecular formula is C28H26F2N2O5. The second kappa shape index (κ2) is 11.2. The maximum atomic E-state index is 13.9. The first-order valence-electron chi connectivity index (χ1n) is 11.7. The Balaban J connectivity index is 1.93. The summed E-state index contributed by atoms with van der Waals surface area (Å²) in [7, 11) is 1.50. The van der Waals surface area contributed by atoms with Crippen LogP contribution >= 0.6 is 0 Å². The molecule has 0 fully saturated rings. The van der Waals surface area contributed by atoms with Gasteiger partial charge in [0.25, 0.3) is 5.91 Å². The summed E-state index contributed by atoms with van der Waals surface area (Å²) in [5.74, 6) is -1.26. The van der Waals surface area contributed by atoms with E-state index in [2.05, 4.69) is 0 Å². The maximum Gasteiger partial charge on any atom is 0.263 e. The zero-order chi connectivity index (χ0) is 26.5. The van der Waals surface area contributed by atoms with Gasteiger partial charge in [-0.15, -0.1) is 0 Å². The molecule has 1 heterocycles. The van der Waals surface area contributed by atoms with E-state index >= 15 is 0 Å². The van der Waals surface area contributed by atoms with Gasteiger partial charge < -0.3 is 23.7 Å². The second-order valence-electron chi connectivity index (χ2n) is 8.08. The van der Waals surface area contributed by atoms with E-state index in [-0.39, 0.29) is 30.0 Å². The number of pyridine rings is 1. The van der Waals surface area contributed by atoms with Crippen LogP contribution in [0.5, 0.6) is 11.5 Å². The van der Waals surface area contributed by atoms with Crippen molar-refractivity contribution in [1.29, 1.82) is 0 Å². The topological polar surface area (TPSA) is 70.0 Å². The molecule has 1 amide bonds. The van der Waals surface area contributed by atoms with E-state index in [0.29, 0.717) is 29.3 Å². The molecule has 3 aromatic carbocycles. The van der Waals surface area contributed by atoms with Gasteiger partial charge in [0.2, 0.25) is 5.43 Å². The molecule has 1 aromatic heterocycles. The molecule has 0 radical (unpaired) electrons. The Morgan fingerprint density at radius 2 is 1.68 bits per heavy atom. The molecule has 7 nitrogen and oxygen atoms in total. The van der Waals surface area contributed by atoms with Gasteiger partial charge in [-0.25, -0.2) is 8.78 Å². The van der Waals surface area contributed by atoms with Crippen molar-refractivity contribution in [1.82, 2.24) is 4.57 Å². The lowest BCUT2D eigenvalue weighted by atomic mass is 10.1. The van der Waals surface area contributed by atoms with E-state index in [4.69, 9.17) is 14.2 Å². The lowest BCUT2D eigenvalue weighted by Gasteiger charge is -2.22. The zero-order valence-electron chi connectivity index (χ0n) is 20.7. The Hall–Kier alpha value is -4.24. The number of hydrogen-bond acceptors (Lipinski definition) is 5. The maximum absolute atomic E-state index is 13.9. The predicted octanol–water partition coefficient (Wildman–Crippen LogP) is 5.32. The van der Waals surface area contributed by atoms with Gasteiger partial charge in [0.05, 0.1) is 12.1 Å². The van der Waals surface area contributed by atoms with Crippen LogP contribution < -0.4 is 19.8 Å². The highest BCUT2D eigenvalue weighted by Gasteiger charge is 2.23. The molecule has 0 saturated carbocycles. The fourth-order valence-corrected chi connectivity index (χ4v) is 4.06. The van der Waals surface area contributed by atoms with Gasteiger partial charge in [0, 0.05) is 54.8 Å². The van der Waals surface area contributed by atoms with Crippen LogP contribution in [0.1, 0.15) is 24.2 Å². The number of amides is 1. The summed E-state index contributed by atoms with van der Waals surface area (Å²) in [5, 5.41) is 0.263. The van der Waals surface area contributed by atoms with Gasteiger partial charge in [-0.3, -0.25) is 9.59 Å². The normalized spacial score (nSPS) is 10.9. The van der Waals surface area contributed by atoms with Crippen molar-refractivity contribution in [3.63, 3.8) is 0 Å². The zero-order valence-corrected chi connectivity index (χ0v) is 20.7. The van der Waals surface area contributed by atoms with Gasteiger partial charge in [-0.2, -0.15) is 0 Å². The molecule has 37 heavy (non-hydrogen) atoms. The number of nitrogens with zero attached hydrogens (tertiary/aromatic N) is 2. The number of rotatable bonds is 9. The quantitative estimate of drug-likeness (QED) is 0.287. The number of hydrogen-bond donors (Lipinski definition) is 0. The van der Waals surface area contributed by atoms with Gasteiger partial charge in [0.1, 0.15) is 28.7 Å². The molecule has 0 aliphatic heterocycles. The number of fused-ring (bicyclic) bond motifs is 1. The molecular weight excluding hydrogens is 482 g/mol. The lowest BCUT2D eigenvalue weighted by Crippen LogP contribution is -2.35. The number of carbonyl (C=O) groups is 1. The van der Waals surface area contributed by atoms with Crippen molar-refractivity contribution in [2.24, 2.45) is 0 Å². The average Bonchev–Trinajstić information content (AvgIpc) is 2.88. The SMILES string of the molecule is CCOc1cccc(-n2cc(C(=O)N(CC)c3cc(F)cc(F)c3)c(=O)c3ccc(OCOC)cc32)c1. The first-order chi connectivity index (χ1) is 17.9. The highest BCUT2D eigenvalue weighted by Crippen LogP contribution is 2.26. The van der Waals surface area contributed by atoms with Crippen molar-refractivity contribution >= 4 is 22.5 Å². The number of anilines is 1. The Kier molecular flexibility index (Phi) is 7.83. The number of benzene rings is 3. The third-order valence-electron chi connectivity index (χ3n) is 5.68. The molecule has 0 aliphatic rings. The largest absolute Gasteiger partial charge is 0.494 e. The molecule has 0 spiro atoms. The van der Waals surface area contributed by atoms with Crippen LogP contribution in [0.3, 0.4) is 0 Å². The first-order valence-corrected chi connectivity index (χ1v) is 11.7. The number of halogens is 2. The minimum absolute atomic E-state index is 0.0118. The third kappa shape index (κ3) is 5.46. The second-order valence-corrected chi connectivity index (χ2v) is 8.08. The summed E-state index contributed by atoms with van der Waals surface area (Å²) < 4.78 is 45.7. The standard InChI is InChI=1S/C28H26F2N2O5/c1-4-31(21-12-18(29)11-19(30)13-21)28(34)25-16-32(20-7-6-8-22(14-20)36-5-2)26-15-23(37-17-35-3)9-10-24(26)27(25)33/h6-16H,4-5,17H2,1-3H3. The molecule has 0 atom stereocenters. The van der Waals surface area contributed by atoms with Crippen molar-refractivity contribution < 1.29 is 27.8 Å². The average molecular weight is 509 g/mol. The molecule has 0 saturated heterocycles. The van der Waals surface area contributed by atoms with E-state index in [1.165, 1.54) is 13.3 Å². The summed E-state index contributed by atoms with van der Waals surface area (Å²) in [6.07, 6.45) is 1.43. The summed E-state index contributed by atoms with van der Waals surface area (Å²) >= 11 is 0. The highest BCUT2D eigenvalue weighted by atomic mass is 19.1. The number of ether oxygens (including phenoxy) is 3. The van der Waals surface area contributed by atoms with Crippen LogP contribution in [0.4, 0.5) is 14.5 Å². The molecule has 0 unspecified atom stereocenters. The summed E-state index contributed by atoms with van der Waals surface area (Å²) in [6, 6.07) is 14.9. The number of aromatic nitrogens is 1. The molecule has 4 aromatic rings. The van der Waals surface area contributed by atoms with Crippen molar-refractivity contribution in [2.75, 3.05) is 32.0 Å². The van der Waals surface area contributed by atoms with Gasteiger partial charge in [-0.05, 0) is 50.2 Å². The number of methoxy groups -OCH3 is 1. The van der Waals surface area contributed by atoms with Crippen LogP contribution in [0.15, 0.2) is 71.7 Å².